The highest BCUT2D eigenvalue weighted by molar-refractivity contribution is 9.11. The van der Waals surface area contributed by atoms with E-state index in [1.807, 2.05) is 22.9 Å². The van der Waals surface area contributed by atoms with Crippen molar-refractivity contribution in [1.82, 2.24) is 9.55 Å². The highest BCUT2D eigenvalue weighted by Gasteiger charge is 2.15. The minimum Gasteiger partial charge on any atom is -0.337 e. The molecule has 0 spiro atoms. The lowest BCUT2D eigenvalue weighted by Gasteiger charge is -2.14. The first-order valence-electron chi connectivity index (χ1n) is 5.37. The summed E-state index contributed by atoms with van der Waals surface area (Å²) in [5, 5.41) is 0.672. The largest absolute Gasteiger partial charge is 0.337 e. The van der Waals surface area contributed by atoms with Crippen LogP contribution in [0.2, 0.25) is 5.02 Å². The van der Waals surface area contributed by atoms with Gasteiger partial charge in [-0.25, -0.2) is 0 Å². The summed E-state index contributed by atoms with van der Waals surface area (Å²) in [4.78, 5) is 3.09. The zero-order valence-electron chi connectivity index (χ0n) is 9.80. The Morgan fingerprint density at radius 3 is 2.33 bits per heavy atom. The predicted octanol–water partition coefficient (Wildman–Crippen LogP) is 5.84. The van der Waals surface area contributed by atoms with Gasteiger partial charge in [-0.2, -0.15) is 0 Å². The first-order chi connectivity index (χ1) is 8.41. The number of hydrogen-bond acceptors (Lipinski definition) is 1. The van der Waals surface area contributed by atoms with Crippen LogP contribution in [0.1, 0.15) is 25.5 Å². The van der Waals surface area contributed by atoms with Crippen molar-refractivity contribution in [3.8, 4) is 5.69 Å². The van der Waals surface area contributed by atoms with Gasteiger partial charge in [-0.3, -0.25) is 4.57 Å². The Balaban J connectivity index is 2.77. The number of rotatable bonds is 2. The third-order valence-corrected chi connectivity index (χ3v) is 4.33. The van der Waals surface area contributed by atoms with E-state index in [2.05, 4.69) is 50.7 Å². The molecule has 0 fully saturated rings. The first-order valence-corrected chi connectivity index (χ1v) is 7.74. The van der Waals surface area contributed by atoms with E-state index in [1.54, 1.807) is 0 Å². The molecule has 0 aliphatic carbocycles. The number of imidazole rings is 1. The van der Waals surface area contributed by atoms with E-state index in [4.69, 9.17) is 23.8 Å². The van der Waals surface area contributed by atoms with Crippen LogP contribution in [0.5, 0.6) is 0 Å². The van der Waals surface area contributed by atoms with Crippen molar-refractivity contribution in [3.05, 3.63) is 42.8 Å². The van der Waals surface area contributed by atoms with E-state index >= 15 is 0 Å². The maximum Gasteiger partial charge on any atom is 0.182 e. The smallest absolute Gasteiger partial charge is 0.182 e. The average molecular weight is 411 g/mol. The Morgan fingerprint density at radius 1 is 1.28 bits per heavy atom. The second-order valence-corrected chi connectivity index (χ2v) is 6.76. The number of nitrogens with zero attached hydrogens (tertiary/aromatic N) is 1. The molecule has 0 bridgehead atoms. The molecule has 1 aromatic heterocycles. The molecule has 0 amide bonds. The average Bonchev–Trinajstić information content (AvgIpc) is 2.59. The molecule has 1 N–H and O–H groups in total. The van der Waals surface area contributed by atoms with Gasteiger partial charge in [0.15, 0.2) is 4.77 Å². The Morgan fingerprint density at radius 2 is 1.83 bits per heavy atom. The lowest BCUT2D eigenvalue weighted by Crippen LogP contribution is -2.03. The van der Waals surface area contributed by atoms with E-state index in [1.165, 1.54) is 0 Å². The van der Waals surface area contributed by atoms with Crippen molar-refractivity contribution in [1.29, 1.82) is 0 Å². The minimum absolute atomic E-state index is 0.368. The lowest BCUT2D eigenvalue weighted by atomic mass is 10.1. The number of hydrogen-bond donors (Lipinski definition) is 1. The molecule has 2 nitrogen and oxygen atoms in total. The highest BCUT2D eigenvalue weighted by Crippen LogP contribution is 2.34. The van der Waals surface area contributed by atoms with Gasteiger partial charge in [0.25, 0.3) is 0 Å². The van der Waals surface area contributed by atoms with Crippen molar-refractivity contribution >= 4 is 55.7 Å². The number of aromatic amines is 1. The van der Waals surface area contributed by atoms with Crippen LogP contribution in [0, 0.1) is 4.77 Å². The molecule has 0 saturated carbocycles. The molecule has 0 radical (unpaired) electrons. The van der Waals surface area contributed by atoms with Crippen molar-refractivity contribution in [2.24, 2.45) is 0 Å². The number of benzene rings is 1. The third kappa shape index (κ3) is 2.59. The van der Waals surface area contributed by atoms with Crippen LogP contribution in [0.25, 0.3) is 5.69 Å². The Bertz CT molecular complexity index is 623. The van der Waals surface area contributed by atoms with Crippen LogP contribution in [0.4, 0.5) is 0 Å². The predicted molar refractivity (Wildman–Crippen MR) is 85.5 cm³/mol. The fourth-order valence-electron chi connectivity index (χ4n) is 1.79. The second kappa shape index (κ2) is 5.49. The summed E-state index contributed by atoms with van der Waals surface area (Å²) in [6, 6.07) is 3.72. The van der Waals surface area contributed by atoms with Gasteiger partial charge in [0, 0.05) is 25.9 Å². The molecule has 6 heteroatoms. The van der Waals surface area contributed by atoms with Crippen LogP contribution >= 0.6 is 55.7 Å². The quantitative estimate of drug-likeness (QED) is 0.617. The fourth-order valence-corrected chi connectivity index (χ4v) is 4.06. The summed E-state index contributed by atoms with van der Waals surface area (Å²) < 4.78 is 4.49. The maximum absolute atomic E-state index is 6.02. The zero-order valence-corrected chi connectivity index (χ0v) is 14.5. The second-order valence-electron chi connectivity index (χ2n) is 4.23. The zero-order chi connectivity index (χ0) is 13.4. The highest BCUT2D eigenvalue weighted by atomic mass is 79.9. The molecule has 1 heterocycles. The van der Waals surface area contributed by atoms with Crippen LogP contribution in [-0.2, 0) is 0 Å². The van der Waals surface area contributed by atoms with Crippen LogP contribution in [-0.4, -0.2) is 9.55 Å². The fraction of sp³-hybridized carbons (Fsp3) is 0.250. The summed E-state index contributed by atoms with van der Waals surface area (Å²) in [6.45, 7) is 4.26. The molecule has 0 atom stereocenters. The van der Waals surface area contributed by atoms with Crippen molar-refractivity contribution < 1.29 is 0 Å². The minimum atomic E-state index is 0.368. The Hall–Kier alpha value is -0.100. The normalized spacial score (nSPS) is 11.2. The molecule has 18 heavy (non-hydrogen) atoms. The first kappa shape index (κ1) is 14.3. The van der Waals surface area contributed by atoms with Gasteiger partial charge in [-0.1, -0.05) is 25.4 Å². The molecule has 0 aliphatic rings. The van der Waals surface area contributed by atoms with E-state index in [0.717, 1.165) is 20.3 Å². The lowest BCUT2D eigenvalue weighted by molar-refractivity contribution is 0.781. The van der Waals surface area contributed by atoms with Crippen molar-refractivity contribution in [3.63, 3.8) is 0 Å². The van der Waals surface area contributed by atoms with Crippen molar-refractivity contribution in [2.45, 2.75) is 19.8 Å². The van der Waals surface area contributed by atoms with Gasteiger partial charge in [-0.15, -0.1) is 0 Å². The van der Waals surface area contributed by atoms with Crippen LogP contribution < -0.4 is 0 Å². The summed E-state index contributed by atoms with van der Waals surface area (Å²) in [6.07, 6.45) is 1.94. The number of H-pyrrole nitrogens is 1. The summed E-state index contributed by atoms with van der Waals surface area (Å²) in [5.74, 6) is 0.368. The molecule has 0 unspecified atom stereocenters. The number of halogens is 3. The summed E-state index contributed by atoms with van der Waals surface area (Å²) in [7, 11) is 0. The SMILES string of the molecule is CC(C)c1c[nH]c(=S)n1-c1c(Br)cc(Cl)cc1Br. The molecular weight excluding hydrogens is 399 g/mol. The molecule has 2 aromatic rings. The Kier molecular flexibility index (Phi) is 4.36. The van der Waals surface area contributed by atoms with Gasteiger partial charge in [0.2, 0.25) is 0 Å². The molecule has 1 aromatic carbocycles. The molecular formula is C12H11Br2ClN2S. The molecule has 0 saturated heterocycles. The van der Waals surface area contributed by atoms with Crippen LogP contribution in [0.15, 0.2) is 27.3 Å². The summed E-state index contributed by atoms with van der Waals surface area (Å²) in [5.41, 5.74) is 2.10. The standard InChI is InChI=1S/C12H11Br2ClN2S/c1-6(2)10-5-16-12(18)17(10)11-8(13)3-7(15)4-9(11)14/h3-6H,1-2H3,(H,16,18). The maximum atomic E-state index is 6.02. The van der Waals surface area contributed by atoms with Crippen molar-refractivity contribution in [2.75, 3.05) is 0 Å². The number of aromatic nitrogens is 2. The number of nitrogens with one attached hydrogen (secondary N) is 1. The Labute approximate surface area is 133 Å². The molecule has 2 rings (SSSR count). The van der Waals surface area contributed by atoms with E-state index in [0.29, 0.717) is 15.7 Å². The van der Waals surface area contributed by atoms with Gasteiger partial charge >= 0.3 is 0 Å². The monoisotopic (exact) mass is 408 g/mol. The third-order valence-electron chi connectivity index (χ3n) is 2.60. The van der Waals surface area contributed by atoms with Gasteiger partial charge in [0.1, 0.15) is 0 Å². The van der Waals surface area contributed by atoms with Gasteiger partial charge in [-0.05, 0) is 62.1 Å². The summed E-state index contributed by atoms with van der Waals surface area (Å²) >= 11 is 18.5. The van der Waals surface area contributed by atoms with E-state index in [9.17, 15) is 0 Å². The van der Waals surface area contributed by atoms with E-state index in [-0.39, 0.29) is 0 Å². The molecule has 0 aliphatic heterocycles. The van der Waals surface area contributed by atoms with Gasteiger partial charge < -0.3 is 4.98 Å². The molecule has 96 valence electrons. The van der Waals surface area contributed by atoms with Crippen LogP contribution in [0.3, 0.4) is 0 Å². The topological polar surface area (TPSA) is 20.7 Å². The van der Waals surface area contributed by atoms with Gasteiger partial charge in [0.05, 0.1) is 5.69 Å². The van der Waals surface area contributed by atoms with E-state index < -0.39 is 0 Å².